The van der Waals surface area contributed by atoms with E-state index in [-0.39, 0.29) is 0 Å². The minimum Gasteiger partial charge on any atom is -0.310 e. The Labute approximate surface area is 329 Å². The molecule has 0 unspecified atom stereocenters. The van der Waals surface area contributed by atoms with Gasteiger partial charge in [0.1, 0.15) is 0 Å². The van der Waals surface area contributed by atoms with E-state index in [1.165, 1.54) is 106 Å². The lowest BCUT2D eigenvalue weighted by molar-refractivity contribution is 0.729. The van der Waals surface area contributed by atoms with Crippen molar-refractivity contribution >= 4 is 72.1 Å². The largest absolute Gasteiger partial charge is 0.310 e. The van der Waals surface area contributed by atoms with Crippen molar-refractivity contribution in [3.8, 4) is 6.07 Å². The maximum atomic E-state index is 9.71. The number of hydrogen-bond acceptors (Lipinski definition) is 3. The van der Waals surface area contributed by atoms with Gasteiger partial charge in [0, 0.05) is 33.5 Å². The fourth-order valence-electron chi connectivity index (χ4n) is 9.90. The lowest BCUT2D eigenvalue weighted by Crippen LogP contribution is -2.13. The molecule has 0 aliphatic heterocycles. The quantitative estimate of drug-likeness (QED) is 0.116. The predicted molar refractivity (Wildman–Crippen MR) is 233 cm³/mol. The molecular formula is C52H42N4. The molecule has 4 heteroatoms. The highest BCUT2D eigenvalue weighted by Gasteiger charge is 2.29. The molecule has 0 aromatic heterocycles. The number of rotatable bonds is 8. The lowest BCUT2D eigenvalue weighted by atomic mass is 9.82. The van der Waals surface area contributed by atoms with E-state index in [0.717, 1.165) is 22.7 Å². The van der Waals surface area contributed by atoms with E-state index in [2.05, 4.69) is 142 Å². The third kappa shape index (κ3) is 5.73. The maximum Gasteiger partial charge on any atom is 0.187 e. The maximum absolute atomic E-state index is 9.71. The molecule has 0 amide bonds. The summed E-state index contributed by atoms with van der Waals surface area (Å²) in [5.74, 6) is 0.987. The van der Waals surface area contributed by atoms with Crippen molar-refractivity contribution in [2.45, 2.75) is 63.2 Å². The van der Waals surface area contributed by atoms with E-state index in [9.17, 15) is 5.26 Å². The van der Waals surface area contributed by atoms with Crippen LogP contribution in [-0.4, -0.2) is 0 Å². The van der Waals surface area contributed by atoms with Gasteiger partial charge < -0.3 is 9.80 Å². The van der Waals surface area contributed by atoms with Crippen molar-refractivity contribution in [1.29, 1.82) is 5.26 Å². The highest BCUT2D eigenvalue weighted by atomic mass is 15.1. The lowest BCUT2D eigenvalue weighted by Gasteiger charge is -2.32. The number of nitrogens with zero attached hydrogens (tertiary/aromatic N) is 4. The Morgan fingerprint density at radius 3 is 1.29 bits per heavy atom. The first kappa shape index (κ1) is 33.9. The standard InChI is InChI=1S/C52H42N4/c1-54-38-22-26-42(27-23-38)56(40-18-6-3-7-19-40)50-33-48(37-14-10-11-15-37)44-28-30-45-49(55(39-16-4-2-5-17-39)41-24-20-35(34-53)21-25-41)32-47(36-12-8-9-13-36)43-29-31-46(50)52(44)51(43)45/h2-7,16-33,36-37H,8-15H2. The molecule has 2 saturated carbocycles. The van der Waals surface area contributed by atoms with Crippen molar-refractivity contribution in [2.75, 3.05) is 9.80 Å². The summed E-state index contributed by atoms with van der Waals surface area (Å²) in [5.41, 5.74) is 10.8. The van der Waals surface area contributed by atoms with Gasteiger partial charge in [-0.3, -0.25) is 0 Å². The van der Waals surface area contributed by atoms with Crippen molar-refractivity contribution in [3.63, 3.8) is 0 Å². The molecular weight excluding hydrogens is 681 g/mol. The molecule has 0 radical (unpaired) electrons. The van der Waals surface area contributed by atoms with Crippen molar-refractivity contribution in [2.24, 2.45) is 0 Å². The van der Waals surface area contributed by atoms with Gasteiger partial charge in [-0.2, -0.15) is 5.26 Å². The number of anilines is 6. The van der Waals surface area contributed by atoms with Gasteiger partial charge in [0.15, 0.2) is 5.69 Å². The van der Waals surface area contributed by atoms with Crippen molar-refractivity contribution in [1.82, 2.24) is 0 Å². The van der Waals surface area contributed by atoms with Gasteiger partial charge in [-0.15, -0.1) is 0 Å². The number of para-hydroxylation sites is 2. The van der Waals surface area contributed by atoms with Gasteiger partial charge in [-0.05, 0) is 143 Å². The molecule has 8 aromatic rings. The zero-order valence-corrected chi connectivity index (χ0v) is 31.5. The molecule has 2 fully saturated rings. The highest BCUT2D eigenvalue weighted by Crippen LogP contribution is 2.53. The summed E-state index contributed by atoms with van der Waals surface area (Å²) < 4.78 is 0. The van der Waals surface area contributed by atoms with Crippen LogP contribution in [0, 0.1) is 17.9 Å². The van der Waals surface area contributed by atoms with Crippen LogP contribution < -0.4 is 9.80 Å². The van der Waals surface area contributed by atoms with Crippen LogP contribution in [0.3, 0.4) is 0 Å². The van der Waals surface area contributed by atoms with E-state index >= 15 is 0 Å². The zero-order valence-electron chi connectivity index (χ0n) is 31.5. The predicted octanol–water partition coefficient (Wildman–Crippen LogP) is 15.3. The Bertz CT molecular complexity index is 2570. The summed E-state index contributed by atoms with van der Waals surface area (Å²) in [4.78, 5) is 8.53. The first-order valence-electron chi connectivity index (χ1n) is 20.2. The topological polar surface area (TPSA) is 34.6 Å². The molecule has 0 heterocycles. The third-order valence-corrected chi connectivity index (χ3v) is 12.5. The molecule has 0 saturated heterocycles. The molecule has 10 rings (SSSR count). The van der Waals surface area contributed by atoms with E-state index in [1.807, 2.05) is 24.3 Å². The van der Waals surface area contributed by atoms with Gasteiger partial charge >= 0.3 is 0 Å². The normalized spacial score (nSPS) is 14.8. The summed E-state index contributed by atoms with van der Waals surface area (Å²) >= 11 is 0. The minimum atomic E-state index is 0.493. The van der Waals surface area contributed by atoms with Gasteiger partial charge in [-0.25, -0.2) is 4.85 Å². The molecule has 0 spiro atoms. The Balaban J connectivity index is 1.33. The molecule has 0 bridgehead atoms. The van der Waals surface area contributed by atoms with E-state index in [0.29, 0.717) is 23.1 Å². The Kier molecular flexibility index (Phi) is 8.61. The summed E-state index contributed by atoms with van der Waals surface area (Å²) in [5, 5.41) is 17.6. The highest BCUT2D eigenvalue weighted by molar-refractivity contribution is 6.29. The minimum absolute atomic E-state index is 0.493. The Morgan fingerprint density at radius 1 is 0.482 bits per heavy atom. The van der Waals surface area contributed by atoms with Gasteiger partial charge in [-0.1, -0.05) is 98.5 Å². The average molecular weight is 723 g/mol. The van der Waals surface area contributed by atoms with Crippen LogP contribution in [0.4, 0.5) is 39.8 Å². The molecule has 0 atom stereocenters. The van der Waals surface area contributed by atoms with Crippen molar-refractivity contribution in [3.05, 3.63) is 174 Å². The van der Waals surface area contributed by atoms with E-state index < -0.39 is 0 Å². The van der Waals surface area contributed by atoms with Gasteiger partial charge in [0.25, 0.3) is 0 Å². The smallest absolute Gasteiger partial charge is 0.187 e. The second kappa shape index (κ2) is 14.2. The first-order chi connectivity index (χ1) is 27.7. The summed E-state index contributed by atoms with van der Waals surface area (Å²) in [6.07, 6.45) is 9.84. The summed E-state index contributed by atoms with van der Waals surface area (Å²) in [6.45, 7) is 7.65. The van der Waals surface area contributed by atoms with Crippen LogP contribution in [0.15, 0.2) is 146 Å². The fourth-order valence-corrected chi connectivity index (χ4v) is 9.90. The van der Waals surface area contributed by atoms with Gasteiger partial charge in [0.2, 0.25) is 0 Å². The molecule has 2 aliphatic carbocycles. The molecule has 0 N–H and O–H groups in total. The molecule has 8 aromatic carbocycles. The van der Waals surface area contributed by atoms with Crippen LogP contribution in [0.1, 0.15) is 79.9 Å². The van der Waals surface area contributed by atoms with Crippen LogP contribution in [0.2, 0.25) is 0 Å². The Morgan fingerprint density at radius 2 is 0.875 bits per heavy atom. The molecule has 56 heavy (non-hydrogen) atoms. The first-order valence-corrected chi connectivity index (χ1v) is 20.2. The number of nitriles is 1. The summed E-state index contributed by atoms with van der Waals surface area (Å²) in [7, 11) is 0. The van der Waals surface area contributed by atoms with Crippen LogP contribution >= 0.6 is 0 Å². The van der Waals surface area contributed by atoms with Crippen LogP contribution in [0.5, 0.6) is 0 Å². The van der Waals surface area contributed by atoms with Crippen LogP contribution in [0.25, 0.3) is 37.2 Å². The fraction of sp³-hybridized carbons (Fsp3) is 0.192. The Hall–Kier alpha value is -6.62. The van der Waals surface area contributed by atoms with Crippen molar-refractivity contribution < 1.29 is 0 Å². The van der Waals surface area contributed by atoms with E-state index in [4.69, 9.17) is 6.57 Å². The molecule has 4 nitrogen and oxygen atoms in total. The number of hydrogen-bond donors (Lipinski definition) is 0. The SMILES string of the molecule is [C-]#[N+]c1ccc(N(c2ccccc2)c2cc(C3CCCC3)c3ccc4c(N(c5ccccc5)c5ccc(C#N)cc5)cc(C5CCCC5)c5ccc2c3c54)cc1. The monoisotopic (exact) mass is 722 g/mol. The summed E-state index contributed by atoms with van der Waals surface area (Å²) in [6, 6.07) is 54.5. The van der Waals surface area contributed by atoms with Crippen LogP contribution in [-0.2, 0) is 0 Å². The second-order valence-corrected chi connectivity index (χ2v) is 15.6. The molecule has 270 valence electrons. The zero-order chi connectivity index (χ0) is 37.6. The third-order valence-electron chi connectivity index (χ3n) is 12.5. The van der Waals surface area contributed by atoms with Gasteiger partial charge in [0.05, 0.1) is 29.6 Å². The number of benzene rings is 8. The second-order valence-electron chi connectivity index (χ2n) is 15.6. The average Bonchev–Trinajstić information content (AvgIpc) is 4.01. The van der Waals surface area contributed by atoms with E-state index in [1.54, 1.807) is 0 Å². The molecule has 2 aliphatic rings.